The molecule has 0 radical (unpaired) electrons. The highest BCUT2D eigenvalue weighted by atomic mass is 35.5. The molecule has 5 nitrogen and oxygen atoms in total. The van der Waals surface area contributed by atoms with Crippen LogP contribution in [0.4, 0.5) is 0 Å². The Labute approximate surface area is 165 Å². The van der Waals surface area contributed by atoms with E-state index < -0.39 is 0 Å². The van der Waals surface area contributed by atoms with Crippen molar-refractivity contribution in [2.45, 2.75) is 26.2 Å². The summed E-state index contributed by atoms with van der Waals surface area (Å²) in [5.41, 5.74) is 5.10. The van der Waals surface area contributed by atoms with Gasteiger partial charge in [0.15, 0.2) is 5.96 Å². The first-order valence-electron chi connectivity index (χ1n) is 9.34. The molecule has 0 amide bonds. The van der Waals surface area contributed by atoms with Gasteiger partial charge in [0.25, 0.3) is 0 Å². The van der Waals surface area contributed by atoms with Gasteiger partial charge in [-0.3, -0.25) is 4.99 Å². The van der Waals surface area contributed by atoms with Crippen LogP contribution in [-0.2, 0) is 19.3 Å². The zero-order valence-corrected chi connectivity index (χ0v) is 16.6. The summed E-state index contributed by atoms with van der Waals surface area (Å²) in [6.45, 7) is 3.80. The molecule has 3 rings (SSSR count). The maximum Gasteiger partial charge on any atom is 0.190 e. The Morgan fingerprint density at radius 3 is 2.63 bits per heavy atom. The normalized spacial score (nSPS) is 11.7. The fourth-order valence-corrected chi connectivity index (χ4v) is 3.30. The molecule has 0 fully saturated rings. The lowest BCUT2D eigenvalue weighted by Crippen LogP contribution is -2.39. The van der Waals surface area contributed by atoms with E-state index in [-0.39, 0.29) is 0 Å². The molecule has 0 aliphatic carbocycles. The van der Waals surface area contributed by atoms with Crippen molar-refractivity contribution in [3.63, 3.8) is 0 Å². The first-order valence-corrected chi connectivity index (χ1v) is 9.72. The fraction of sp³-hybridized carbons (Fsp3) is 0.333. The van der Waals surface area contributed by atoms with Gasteiger partial charge >= 0.3 is 0 Å². The average Bonchev–Trinajstić information content (AvgIpc) is 3.11. The highest BCUT2D eigenvalue weighted by Crippen LogP contribution is 2.22. The molecular formula is C21H26ClN5. The van der Waals surface area contributed by atoms with E-state index in [1.165, 1.54) is 22.0 Å². The Morgan fingerprint density at radius 2 is 1.93 bits per heavy atom. The largest absolute Gasteiger partial charge is 0.361 e. The number of nitrogens with zero attached hydrogens (tertiary/aromatic N) is 2. The zero-order chi connectivity index (χ0) is 19.1. The van der Waals surface area contributed by atoms with Crippen LogP contribution < -0.4 is 10.6 Å². The zero-order valence-electron chi connectivity index (χ0n) is 15.8. The van der Waals surface area contributed by atoms with Crippen molar-refractivity contribution in [2.75, 3.05) is 20.1 Å². The van der Waals surface area contributed by atoms with Gasteiger partial charge in [0.1, 0.15) is 5.15 Å². The Morgan fingerprint density at radius 1 is 1.11 bits per heavy atom. The van der Waals surface area contributed by atoms with Crippen LogP contribution in [0.1, 0.15) is 23.6 Å². The number of hydrogen-bond donors (Lipinski definition) is 3. The number of aliphatic imine (C=N–C) groups is 1. The predicted molar refractivity (Wildman–Crippen MR) is 114 cm³/mol. The summed E-state index contributed by atoms with van der Waals surface area (Å²) in [5, 5.41) is 8.56. The SMILES string of the molecule is CCc1cccc2c(CCNC(=NC)NCCc3ccc(Cl)nc3)c[nH]c12. The minimum atomic E-state index is 0.521. The number of rotatable bonds is 7. The summed E-state index contributed by atoms with van der Waals surface area (Å²) in [6, 6.07) is 10.3. The van der Waals surface area contributed by atoms with E-state index in [1.807, 2.05) is 18.3 Å². The molecular weight excluding hydrogens is 358 g/mol. The first kappa shape index (κ1) is 19.2. The van der Waals surface area contributed by atoms with Crippen molar-refractivity contribution >= 4 is 28.5 Å². The number of H-pyrrole nitrogens is 1. The molecule has 142 valence electrons. The van der Waals surface area contributed by atoms with Gasteiger partial charge in [0, 0.05) is 43.4 Å². The molecule has 0 saturated carbocycles. The topological polar surface area (TPSA) is 65.1 Å². The molecule has 0 saturated heterocycles. The molecule has 3 N–H and O–H groups in total. The lowest BCUT2D eigenvalue weighted by molar-refractivity contribution is 0.784. The molecule has 3 aromatic rings. The maximum absolute atomic E-state index is 5.81. The van der Waals surface area contributed by atoms with Crippen LogP contribution in [0.3, 0.4) is 0 Å². The lowest BCUT2D eigenvalue weighted by atomic mass is 10.1. The highest BCUT2D eigenvalue weighted by molar-refractivity contribution is 6.29. The second-order valence-electron chi connectivity index (χ2n) is 6.42. The Bertz CT molecular complexity index is 899. The number of para-hydroxylation sites is 1. The summed E-state index contributed by atoms with van der Waals surface area (Å²) in [6.07, 6.45) is 6.77. The molecule has 1 aromatic carbocycles. The number of aromatic amines is 1. The van der Waals surface area contributed by atoms with Crippen molar-refractivity contribution < 1.29 is 0 Å². The summed E-state index contributed by atoms with van der Waals surface area (Å²) in [7, 11) is 1.79. The van der Waals surface area contributed by atoms with Crippen molar-refractivity contribution in [1.82, 2.24) is 20.6 Å². The highest BCUT2D eigenvalue weighted by Gasteiger charge is 2.06. The molecule has 6 heteroatoms. The van der Waals surface area contributed by atoms with Crippen LogP contribution in [0.5, 0.6) is 0 Å². The Hall–Kier alpha value is -2.53. The second-order valence-corrected chi connectivity index (χ2v) is 6.81. The second kappa shape index (κ2) is 9.42. The minimum Gasteiger partial charge on any atom is -0.361 e. The summed E-state index contributed by atoms with van der Waals surface area (Å²) in [5.74, 6) is 0.811. The van der Waals surface area contributed by atoms with Crippen LogP contribution >= 0.6 is 11.6 Å². The van der Waals surface area contributed by atoms with Gasteiger partial charge in [0.05, 0.1) is 0 Å². The third-order valence-corrected chi connectivity index (χ3v) is 4.90. The number of nitrogens with one attached hydrogen (secondary N) is 3. The van der Waals surface area contributed by atoms with E-state index in [0.717, 1.165) is 43.9 Å². The van der Waals surface area contributed by atoms with Gasteiger partial charge in [-0.25, -0.2) is 4.98 Å². The Balaban J connectivity index is 1.48. The number of fused-ring (bicyclic) bond motifs is 1. The predicted octanol–water partition coefficient (Wildman–Crippen LogP) is 3.73. The third kappa shape index (κ3) is 5.01. The van der Waals surface area contributed by atoms with Gasteiger partial charge in [-0.15, -0.1) is 0 Å². The molecule has 0 aliphatic heterocycles. The average molecular weight is 384 g/mol. The number of hydrogen-bond acceptors (Lipinski definition) is 2. The number of aryl methyl sites for hydroxylation is 1. The maximum atomic E-state index is 5.81. The summed E-state index contributed by atoms with van der Waals surface area (Å²) < 4.78 is 0. The van der Waals surface area contributed by atoms with E-state index in [4.69, 9.17) is 11.6 Å². The van der Waals surface area contributed by atoms with E-state index >= 15 is 0 Å². The van der Waals surface area contributed by atoms with Gasteiger partial charge in [-0.1, -0.05) is 42.8 Å². The standard InChI is InChI=1S/C21H26ClN5/c1-3-16-5-4-6-18-17(14-27-20(16)18)10-12-25-21(23-2)24-11-9-15-7-8-19(22)26-13-15/h4-8,13-14,27H,3,9-12H2,1-2H3,(H2,23,24,25). The number of pyridine rings is 1. The third-order valence-electron chi connectivity index (χ3n) is 4.67. The van der Waals surface area contributed by atoms with Crippen molar-refractivity contribution in [3.8, 4) is 0 Å². The van der Waals surface area contributed by atoms with Crippen LogP contribution in [0.15, 0.2) is 47.7 Å². The molecule has 0 spiro atoms. The van der Waals surface area contributed by atoms with E-state index in [1.54, 1.807) is 7.05 Å². The number of halogens is 1. The van der Waals surface area contributed by atoms with Crippen LogP contribution in [0.25, 0.3) is 10.9 Å². The van der Waals surface area contributed by atoms with Gasteiger partial charge < -0.3 is 15.6 Å². The van der Waals surface area contributed by atoms with Crippen LogP contribution in [0, 0.1) is 0 Å². The van der Waals surface area contributed by atoms with Gasteiger partial charge in [0.2, 0.25) is 0 Å². The molecule has 0 unspecified atom stereocenters. The molecule has 0 atom stereocenters. The molecule has 2 heterocycles. The van der Waals surface area contributed by atoms with Crippen molar-refractivity contribution in [1.29, 1.82) is 0 Å². The van der Waals surface area contributed by atoms with Gasteiger partial charge in [-0.2, -0.15) is 0 Å². The van der Waals surface area contributed by atoms with E-state index in [0.29, 0.717) is 5.15 Å². The summed E-state index contributed by atoms with van der Waals surface area (Å²) >= 11 is 5.81. The van der Waals surface area contributed by atoms with Crippen molar-refractivity contribution in [2.24, 2.45) is 4.99 Å². The van der Waals surface area contributed by atoms with Gasteiger partial charge in [-0.05, 0) is 42.0 Å². The van der Waals surface area contributed by atoms with E-state index in [9.17, 15) is 0 Å². The van der Waals surface area contributed by atoms with Crippen LogP contribution in [0.2, 0.25) is 5.15 Å². The number of benzene rings is 1. The first-order chi connectivity index (χ1) is 13.2. The number of guanidine groups is 1. The number of aromatic nitrogens is 2. The molecule has 0 bridgehead atoms. The Kier molecular flexibility index (Phi) is 6.71. The molecule has 0 aliphatic rings. The van der Waals surface area contributed by atoms with E-state index in [2.05, 4.69) is 56.9 Å². The molecule has 2 aromatic heterocycles. The lowest BCUT2D eigenvalue weighted by Gasteiger charge is -2.11. The monoisotopic (exact) mass is 383 g/mol. The molecule has 27 heavy (non-hydrogen) atoms. The quantitative estimate of drug-likeness (QED) is 0.331. The smallest absolute Gasteiger partial charge is 0.190 e. The summed E-state index contributed by atoms with van der Waals surface area (Å²) in [4.78, 5) is 11.8. The fourth-order valence-electron chi connectivity index (χ4n) is 3.19. The minimum absolute atomic E-state index is 0.521. The van der Waals surface area contributed by atoms with Crippen molar-refractivity contribution in [3.05, 3.63) is 64.6 Å². The van der Waals surface area contributed by atoms with Crippen LogP contribution in [-0.4, -0.2) is 36.1 Å².